The maximum absolute atomic E-state index is 13.0. The van der Waals surface area contributed by atoms with Gasteiger partial charge in [-0.2, -0.15) is 0 Å². The van der Waals surface area contributed by atoms with Gasteiger partial charge in [0, 0.05) is 42.3 Å². The van der Waals surface area contributed by atoms with Crippen molar-refractivity contribution in [3.8, 4) is 0 Å². The lowest BCUT2D eigenvalue weighted by Crippen LogP contribution is -2.40. The number of carbonyl (C=O) groups excluding carboxylic acids is 1. The van der Waals surface area contributed by atoms with Gasteiger partial charge in [0.2, 0.25) is 15.9 Å². The van der Waals surface area contributed by atoms with Crippen LogP contribution in [0.4, 0.5) is 5.69 Å². The van der Waals surface area contributed by atoms with Crippen molar-refractivity contribution in [3.63, 3.8) is 0 Å². The predicted octanol–water partition coefficient (Wildman–Crippen LogP) is 3.39. The number of carbonyl (C=O) groups is 1. The summed E-state index contributed by atoms with van der Waals surface area (Å²) in [5, 5.41) is 0. The van der Waals surface area contributed by atoms with Gasteiger partial charge in [0.25, 0.3) is 0 Å². The van der Waals surface area contributed by atoms with Crippen molar-refractivity contribution in [3.05, 3.63) is 22.2 Å². The Hall–Kier alpha value is -0.960. The van der Waals surface area contributed by atoms with Crippen LogP contribution in [-0.2, 0) is 21.2 Å². The first kappa shape index (κ1) is 22.2. The number of nitrogens with one attached hydrogen (secondary N) is 1. The van der Waals surface area contributed by atoms with Crippen molar-refractivity contribution in [1.29, 1.82) is 0 Å². The van der Waals surface area contributed by atoms with Crippen LogP contribution in [0.25, 0.3) is 0 Å². The summed E-state index contributed by atoms with van der Waals surface area (Å²) in [6.07, 6.45) is 4.72. The molecular formula is C22H32BrN3O3S. The standard InChI is InChI=1S/C22H32BrN3O3S/c1-15-10-16(2)14-25(13-15)8-3-7-24-30(28,29)21-12-20-18(11-19(21)23)6-9-26(20)22(27)17-4-5-17/h11-12,15-17,24H,3-10,13-14H2,1-2H3/t15-,16-/m1/s1. The van der Waals surface area contributed by atoms with Gasteiger partial charge in [-0.3, -0.25) is 4.79 Å². The van der Waals surface area contributed by atoms with Crippen LogP contribution in [-0.4, -0.2) is 51.9 Å². The van der Waals surface area contributed by atoms with Gasteiger partial charge in [0.15, 0.2) is 0 Å². The highest BCUT2D eigenvalue weighted by molar-refractivity contribution is 9.10. The van der Waals surface area contributed by atoms with E-state index in [2.05, 4.69) is 39.4 Å². The highest BCUT2D eigenvalue weighted by Crippen LogP contribution is 2.39. The summed E-state index contributed by atoms with van der Waals surface area (Å²) in [7, 11) is -3.64. The molecule has 2 fully saturated rings. The zero-order valence-electron chi connectivity index (χ0n) is 17.9. The molecule has 6 nitrogen and oxygen atoms in total. The molecule has 0 bridgehead atoms. The van der Waals surface area contributed by atoms with Crippen molar-refractivity contribution >= 4 is 37.5 Å². The molecule has 1 saturated heterocycles. The van der Waals surface area contributed by atoms with Gasteiger partial charge in [-0.25, -0.2) is 13.1 Å². The Morgan fingerprint density at radius 1 is 1.20 bits per heavy atom. The minimum atomic E-state index is -3.64. The maximum Gasteiger partial charge on any atom is 0.241 e. The monoisotopic (exact) mass is 497 g/mol. The third-order valence-corrected chi connectivity index (χ3v) is 8.82. The van der Waals surface area contributed by atoms with Gasteiger partial charge in [-0.1, -0.05) is 13.8 Å². The number of piperidine rings is 1. The van der Waals surface area contributed by atoms with E-state index >= 15 is 0 Å². The van der Waals surface area contributed by atoms with Crippen LogP contribution < -0.4 is 9.62 Å². The SMILES string of the molecule is C[C@@H]1C[C@@H](C)CN(CCCNS(=O)(=O)c2cc3c(cc2Br)CCN3C(=O)C2CC2)C1. The molecule has 2 atom stereocenters. The number of hydrogen-bond acceptors (Lipinski definition) is 4. The normalized spacial score (nSPS) is 24.8. The molecule has 3 aliphatic rings. The van der Waals surface area contributed by atoms with E-state index in [4.69, 9.17) is 0 Å². The number of nitrogens with zero attached hydrogens (tertiary/aromatic N) is 2. The van der Waals surface area contributed by atoms with Crippen LogP contribution in [0.15, 0.2) is 21.5 Å². The Bertz CT molecular complexity index is 906. The second-order valence-electron chi connectivity index (χ2n) is 9.38. The molecule has 1 aromatic carbocycles. The van der Waals surface area contributed by atoms with Crippen molar-refractivity contribution in [1.82, 2.24) is 9.62 Å². The molecule has 30 heavy (non-hydrogen) atoms. The van der Waals surface area contributed by atoms with E-state index in [1.165, 1.54) is 6.42 Å². The van der Waals surface area contributed by atoms with Gasteiger partial charge in [0.05, 0.1) is 4.90 Å². The van der Waals surface area contributed by atoms with Gasteiger partial charge in [0.1, 0.15) is 0 Å². The van der Waals surface area contributed by atoms with Crippen LogP contribution >= 0.6 is 15.9 Å². The van der Waals surface area contributed by atoms with E-state index in [-0.39, 0.29) is 16.7 Å². The van der Waals surface area contributed by atoms with E-state index in [0.29, 0.717) is 29.4 Å². The number of amides is 1. The number of hydrogen-bond donors (Lipinski definition) is 1. The summed E-state index contributed by atoms with van der Waals surface area (Å²) < 4.78 is 29.3. The quantitative estimate of drug-likeness (QED) is 0.586. The summed E-state index contributed by atoms with van der Waals surface area (Å²) in [5.41, 5.74) is 1.79. The predicted molar refractivity (Wildman–Crippen MR) is 122 cm³/mol. The molecule has 2 heterocycles. The number of rotatable bonds is 7. The highest BCUT2D eigenvalue weighted by Gasteiger charge is 2.37. The van der Waals surface area contributed by atoms with Crippen molar-refractivity contribution < 1.29 is 13.2 Å². The van der Waals surface area contributed by atoms with E-state index in [1.54, 1.807) is 11.0 Å². The summed E-state index contributed by atoms with van der Waals surface area (Å²) in [5.74, 6) is 1.67. The number of halogens is 1. The Kier molecular flexibility index (Phi) is 6.59. The Morgan fingerprint density at radius 3 is 2.57 bits per heavy atom. The molecule has 1 amide bonds. The smallest absolute Gasteiger partial charge is 0.241 e. The fraction of sp³-hybridized carbons (Fsp3) is 0.682. The molecule has 166 valence electrons. The van der Waals surface area contributed by atoms with Crippen LogP contribution in [0.3, 0.4) is 0 Å². The lowest BCUT2D eigenvalue weighted by Gasteiger charge is -2.34. The highest BCUT2D eigenvalue weighted by atomic mass is 79.9. The van der Waals surface area contributed by atoms with Crippen LogP contribution in [0.2, 0.25) is 0 Å². The average Bonchev–Trinajstić information content (AvgIpc) is 3.44. The van der Waals surface area contributed by atoms with Crippen molar-refractivity contribution in [2.75, 3.05) is 37.6 Å². The number of anilines is 1. The molecule has 2 aliphatic heterocycles. The molecule has 8 heteroatoms. The maximum atomic E-state index is 13.0. The lowest BCUT2D eigenvalue weighted by molar-refractivity contribution is -0.119. The first-order valence-corrected chi connectivity index (χ1v) is 13.4. The number of benzene rings is 1. The molecule has 0 aromatic heterocycles. The van der Waals surface area contributed by atoms with Gasteiger partial charge >= 0.3 is 0 Å². The zero-order chi connectivity index (χ0) is 21.5. The molecule has 1 aliphatic carbocycles. The Labute approximate surface area is 188 Å². The van der Waals surface area contributed by atoms with Crippen LogP contribution in [0, 0.1) is 17.8 Å². The average molecular weight is 498 g/mol. The second-order valence-corrected chi connectivity index (χ2v) is 12.0. The molecule has 0 spiro atoms. The zero-order valence-corrected chi connectivity index (χ0v) is 20.3. The minimum Gasteiger partial charge on any atom is -0.312 e. The first-order valence-electron chi connectivity index (χ1n) is 11.1. The van der Waals surface area contributed by atoms with Crippen LogP contribution in [0.1, 0.15) is 45.1 Å². The molecule has 0 unspecified atom stereocenters. The van der Waals surface area contributed by atoms with Gasteiger partial charge in [-0.05, 0) is 84.1 Å². The molecule has 1 aromatic rings. The third kappa shape index (κ3) is 4.92. The fourth-order valence-corrected chi connectivity index (χ4v) is 7.12. The molecular weight excluding hydrogens is 466 g/mol. The van der Waals surface area contributed by atoms with E-state index < -0.39 is 10.0 Å². The van der Waals surface area contributed by atoms with Gasteiger partial charge in [-0.15, -0.1) is 0 Å². The minimum absolute atomic E-state index is 0.123. The van der Waals surface area contributed by atoms with Crippen molar-refractivity contribution in [2.45, 2.75) is 50.8 Å². The number of fused-ring (bicyclic) bond motifs is 1. The third-order valence-electron chi connectivity index (χ3n) is 6.40. The molecule has 1 saturated carbocycles. The fourth-order valence-electron chi connectivity index (χ4n) is 4.94. The van der Waals surface area contributed by atoms with E-state index in [0.717, 1.165) is 56.6 Å². The molecule has 1 N–H and O–H groups in total. The summed E-state index contributed by atoms with van der Waals surface area (Å²) in [6.45, 7) is 8.72. The summed E-state index contributed by atoms with van der Waals surface area (Å²) in [4.78, 5) is 17.0. The topological polar surface area (TPSA) is 69.7 Å². The van der Waals surface area contributed by atoms with E-state index in [9.17, 15) is 13.2 Å². The second kappa shape index (κ2) is 8.88. The van der Waals surface area contributed by atoms with E-state index in [1.807, 2.05) is 6.07 Å². The van der Waals surface area contributed by atoms with Gasteiger partial charge < -0.3 is 9.80 Å². The lowest BCUT2D eigenvalue weighted by atomic mass is 9.92. The number of sulfonamides is 1. The van der Waals surface area contributed by atoms with Crippen LogP contribution in [0.5, 0.6) is 0 Å². The Balaban J connectivity index is 1.39. The number of likely N-dealkylation sites (tertiary alicyclic amines) is 1. The largest absolute Gasteiger partial charge is 0.312 e. The molecule has 0 radical (unpaired) electrons. The summed E-state index contributed by atoms with van der Waals surface area (Å²) >= 11 is 3.44. The summed E-state index contributed by atoms with van der Waals surface area (Å²) in [6, 6.07) is 3.53. The first-order chi connectivity index (χ1) is 14.2. The van der Waals surface area contributed by atoms with Crippen molar-refractivity contribution in [2.24, 2.45) is 17.8 Å². The molecule has 4 rings (SSSR count). The Morgan fingerprint density at radius 2 is 1.90 bits per heavy atom.